The van der Waals surface area contributed by atoms with Gasteiger partial charge in [-0.2, -0.15) is 0 Å². The van der Waals surface area contributed by atoms with Crippen molar-refractivity contribution in [3.8, 4) is 5.75 Å². The van der Waals surface area contributed by atoms with E-state index >= 15 is 4.39 Å². The molecule has 1 aliphatic heterocycles. The number of unbranched alkanes of at least 4 members (excludes halogenated alkanes) is 2. The average molecular weight is 529 g/mol. The summed E-state index contributed by atoms with van der Waals surface area (Å²) in [7, 11) is 1.53. The van der Waals surface area contributed by atoms with Crippen molar-refractivity contribution in [2.24, 2.45) is 10.1 Å². The van der Waals surface area contributed by atoms with Gasteiger partial charge < -0.3 is 24.5 Å². The zero-order chi connectivity index (χ0) is 27.7. The molecular formula is C29H38F2N4O3. The molecule has 0 spiro atoms. The van der Waals surface area contributed by atoms with Gasteiger partial charge in [0.25, 0.3) is 5.72 Å². The van der Waals surface area contributed by atoms with Gasteiger partial charge in [-0.05, 0) is 88.4 Å². The Bertz CT molecular complexity index is 1160. The van der Waals surface area contributed by atoms with E-state index in [1.807, 2.05) is 43.9 Å². The predicted octanol–water partition coefficient (Wildman–Crippen LogP) is 5.85. The number of rotatable bonds is 13. The molecule has 1 N–H and O–H groups in total. The van der Waals surface area contributed by atoms with Crippen molar-refractivity contribution in [1.29, 1.82) is 0 Å². The highest BCUT2D eigenvalue weighted by Crippen LogP contribution is 2.36. The summed E-state index contributed by atoms with van der Waals surface area (Å²) in [5, 5.41) is 14.3. The topological polar surface area (TPSA) is 69.9 Å². The van der Waals surface area contributed by atoms with Crippen molar-refractivity contribution >= 4 is 23.9 Å². The third-order valence-electron chi connectivity index (χ3n) is 6.48. The number of halogens is 2. The highest BCUT2D eigenvalue weighted by atomic mass is 19.1. The lowest BCUT2D eigenvalue weighted by Gasteiger charge is -2.36. The minimum atomic E-state index is -1.24. The zero-order valence-corrected chi connectivity index (χ0v) is 22.9. The first-order chi connectivity index (χ1) is 18.3. The summed E-state index contributed by atoms with van der Waals surface area (Å²) in [5.41, 5.74) is 1.11. The number of aryl methyl sites for hydroxylation is 1. The summed E-state index contributed by atoms with van der Waals surface area (Å²) in [6.45, 7) is 8.85. The van der Waals surface area contributed by atoms with Crippen LogP contribution in [0.1, 0.15) is 56.7 Å². The molecule has 206 valence electrons. The van der Waals surface area contributed by atoms with Gasteiger partial charge in [-0.15, -0.1) is 0 Å². The van der Waals surface area contributed by atoms with Crippen LogP contribution >= 0.6 is 0 Å². The summed E-state index contributed by atoms with van der Waals surface area (Å²) in [4.78, 5) is 13.5. The van der Waals surface area contributed by atoms with Gasteiger partial charge in [0, 0.05) is 25.2 Å². The number of allylic oxidation sites excluding steroid dienone is 1. The fourth-order valence-corrected chi connectivity index (χ4v) is 4.57. The van der Waals surface area contributed by atoms with Gasteiger partial charge in [0.15, 0.2) is 5.82 Å². The Morgan fingerprint density at radius 2 is 1.95 bits per heavy atom. The van der Waals surface area contributed by atoms with Gasteiger partial charge >= 0.3 is 0 Å². The SMILES string of the molecule is CCN=CN(CC)c1c(F)cc(/C=C\CCCCN2C(C)=NOC2(CO)c2cc(C)cc(F)c2)cc1OC. The van der Waals surface area contributed by atoms with Crippen LogP contribution in [-0.2, 0) is 10.6 Å². The molecule has 38 heavy (non-hydrogen) atoms. The Balaban J connectivity index is 1.63. The molecule has 0 saturated heterocycles. The van der Waals surface area contributed by atoms with E-state index in [4.69, 9.17) is 9.57 Å². The first kappa shape index (κ1) is 29.1. The highest BCUT2D eigenvalue weighted by molar-refractivity contribution is 5.83. The number of methoxy groups -OCH3 is 1. The molecule has 0 aliphatic carbocycles. The van der Waals surface area contributed by atoms with Crippen LogP contribution in [0.3, 0.4) is 0 Å². The molecule has 1 atom stereocenters. The van der Waals surface area contributed by atoms with E-state index in [9.17, 15) is 9.50 Å². The van der Waals surface area contributed by atoms with Crippen molar-refractivity contribution in [3.63, 3.8) is 0 Å². The van der Waals surface area contributed by atoms with Gasteiger partial charge in [0.1, 0.15) is 29.7 Å². The Morgan fingerprint density at radius 3 is 2.61 bits per heavy atom. The van der Waals surface area contributed by atoms with Crippen LogP contribution in [0, 0.1) is 18.6 Å². The van der Waals surface area contributed by atoms with Crippen LogP contribution in [0.25, 0.3) is 6.08 Å². The molecule has 0 radical (unpaired) electrons. The van der Waals surface area contributed by atoms with E-state index in [1.54, 1.807) is 24.2 Å². The van der Waals surface area contributed by atoms with Crippen LogP contribution in [-0.4, -0.2) is 55.5 Å². The summed E-state index contributed by atoms with van der Waals surface area (Å²) in [5.74, 6) is 0.323. The second-order valence-corrected chi connectivity index (χ2v) is 9.19. The van der Waals surface area contributed by atoms with Gasteiger partial charge in [0.2, 0.25) is 0 Å². The van der Waals surface area contributed by atoms with E-state index in [-0.39, 0.29) is 18.2 Å². The maximum absolute atomic E-state index is 15.0. The summed E-state index contributed by atoms with van der Waals surface area (Å²) < 4.78 is 34.6. The molecule has 2 aromatic carbocycles. The smallest absolute Gasteiger partial charge is 0.260 e. The van der Waals surface area contributed by atoms with Crippen molar-refractivity contribution < 1.29 is 23.5 Å². The lowest BCUT2D eigenvalue weighted by molar-refractivity contribution is -0.137. The average Bonchev–Trinajstić information content (AvgIpc) is 3.22. The number of aliphatic hydroxyl groups excluding tert-OH is 1. The zero-order valence-electron chi connectivity index (χ0n) is 22.9. The minimum Gasteiger partial charge on any atom is -0.494 e. The number of oxime groups is 1. The molecule has 0 fully saturated rings. The number of aliphatic imine (C=N–C) groups is 1. The van der Waals surface area contributed by atoms with Crippen LogP contribution in [0.4, 0.5) is 14.5 Å². The molecule has 0 aromatic heterocycles. The van der Waals surface area contributed by atoms with Crippen LogP contribution in [0.15, 0.2) is 46.6 Å². The van der Waals surface area contributed by atoms with E-state index in [0.29, 0.717) is 48.0 Å². The number of hydrogen-bond acceptors (Lipinski definition) is 6. The van der Waals surface area contributed by atoms with Gasteiger partial charge in [0.05, 0.1) is 13.4 Å². The van der Waals surface area contributed by atoms with Gasteiger partial charge in [-0.3, -0.25) is 4.99 Å². The standard InChI is InChI=1S/C29H38F2N4O3/c1-6-32-20-34(7-2)28-26(31)16-23(17-27(28)37-5)12-10-8-9-11-13-35-22(4)33-38-29(35,19-36)24-14-21(3)15-25(30)18-24/h10,12,14-18,20,36H,6-9,11,13,19H2,1-5H3/b12-10-,32-20?. The summed E-state index contributed by atoms with van der Waals surface area (Å²) in [6, 6.07) is 7.92. The Hall–Kier alpha value is -3.46. The molecule has 1 unspecified atom stereocenters. The molecule has 3 rings (SSSR count). The number of amidine groups is 1. The monoisotopic (exact) mass is 528 g/mol. The summed E-state index contributed by atoms with van der Waals surface area (Å²) in [6.07, 6.45) is 7.92. The summed E-state index contributed by atoms with van der Waals surface area (Å²) >= 11 is 0. The number of benzene rings is 2. The van der Waals surface area contributed by atoms with Crippen molar-refractivity contribution in [1.82, 2.24) is 4.90 Å². The molecule has 0 amide bonds. The third kappa shape index (κ3) is 6.51. The normalized spacial score (nSPS) is 17.4. The van der Waals surface area contributed by atoms with Crippen molar-refractivity contribution in [2.75, 3.05) is 38.3 Å². The Kier molecular flexibility index (Phi) is 10.2. The molecule has 2 aromatic rings. The van der Waals surface area contributed by atoms with Gasteiger partial charge in [-0.25, -0.2) is 8.78 Å². The molecule has 0 bridgehead atoms. The Labute approximate surface area is 224 Å². The molecular weight excluding hydrogens is 490 g/mol. The molecule has 7 nitrogen and oxygen atoms in total. The number of ether oxygens (including phenoxy) is 1. The fourth-order valence-electron chi connectivity index (χ4n) is 4.57. The van der Waals surface area contributed by atoms with E-state index in [2.05, 4.69) is 10.1 Å². The number of anilines is 1. The third-order valence-corrected chi connectivity index (χ3v) is 6.48. The fraction of sp³-hybridized carbons (Fsp3) is 0.448. The second-order valence-electron chi connectivity index (χ2n) is 9.19. The number of aliphatic hydroxyl groups is 1. The maximum atomic E-state index is 15.0. The molecule has 0 saturated carbocycles. The van der Waals surface area contributed by atoms with Crippen molar-refractivity contribution in [2.45, 2.75) is 52.7 Å². The van der Waals surface area contributed by atoms with Crippen LogP contribution in [0.2, 0.25) is 0 Å². The largest absolute Gasteiger partial charge is 0.494 e. The predicted molar refractivity (Wildman–Crippen MR) is 149 cm³/mol. The van der Waals surface area contributed by atoms with Crippen LogP contribution in [0.5, 0.6) is 5.75 Å². The molecule has 1 heterocycles. The number of nitrogens with zero attached hydrogens (tertiary/aromatic N) is 4. The van der Waals surface area contributed by atoms with Crippen molar-refractivity contribution in [3.05, 3.63) is 64.7 Å². The molecule has 1 aliphatic rings. The van der Waals surface area contributed by atoms with E-state index in [0.717, 1.165) is 24.8 Å². The van der Waals surface area contributed by atoms with E-state index in [1.165, 1.54) is 25.3 Å². The van der Waals surface area contributed by atoms with Gasteiger partial charge in [-0.1, -0.05) is 17.3 Å². The maximum Gasteiger partial charge on any atom is 0.260 e. The second kappa shape index (κ2) is 13.4. The van der Waals surface area contributed by atoms with Crippen LogP contribution < -0.4 is 9.64 Å². The minimum absolute atomic E-state index is 0.361. The quantitative estimate of drug-likeness (QED) is 0.201. The molecule has 9 heteroatoms. The lowest BCUT2D eigenvalue weighted by atomic mass is 9.98. The first-order valence-electron chi connectivity index (χ1n) is 13.0. The first-order valence-corrected chi connectivity index (χ1v) is 13.0. The Morgan fingerprint density at radius 1 is 1.16 bits per heavy atom. The lowest BCUT2D eigenvalue weighted by Crippen LogP contribution is -2.48. The number of hydrogen-bond donors (Lipinski definition) is 1. The van der Waals surface area contributed by atoms with E-state index < -0.39 is 5.72 Å². The highest BCUT2D eigenvalue weighted by Gasteiger charge is 2.46.